The topological polar surface area (TPSA) is 58.6 Å². The highest BCUT2D eigenvalue weighted by atomic mass is 35.5. The molecule has 3 rings (SSSR count). The third-order valence-corrected chi connectivity index (χ3v) is 5.49. The average molecular weight is 383 g/mol. The summed E-state index contributed by atoms with van der Waals surface area (Å²) in [6, 6.07) is 3.38. The van der Waals surface area contributed by atoms with Crippen molar-refractivity contribution in [3.8, 4) is 5.75 Å². The second-order valence-electron chi connectivity index (χ2n) is 6.31. The molecule has 2 unspecified atom stereocenters. The Balaban J connectivity index is 1.71. The van der Waals surface area contributed by atoms with Crippen LogP contribution in [0.2, 0.25) is 10.0 Å². The van der Waals surface area contributed by atoms with Gasteiger partial charge in [0.05, 0.1) is 23.6 Å². The molecule has 0 saturated carbocycles. The third kappa shape index (κ3) is 3.77. The van der Waals surface area contributed by atoms with E-state index >= 15 is 0 Å². The number of fused-ring (bicyclic) bond motifs is 1. The van der Waals surface area contributed by atoms with E-state index in [0.717, 1.165) is 18.4 Å². The molecule has 2 aliphatic rings. The Labute approximate surface area is 156 Å². The number of carbonyl (C=O) groups is 2. The molecule has 1 aromatic rings. The van der Waals surface area contributed by atoms with Crippen molar-refractivity contribution in [3.63, 3.8) is 0 Å². The number of carbonyl (C=O) groups excluding carboxylic acids is 2. The number of ether oxygens (including phenoxy) is 1. The van der Waals surface area contributed by atoms with Gasteiger partial charge >= 0.3 is 0 Å². The molecule has 2 atom stereocenters. The van der Waals surface area contributed by atoms with E-state index in [1.807, 2.05) is 6.07 Å². The quantitative estimate of drug-likeness (QED) is 0.815. The highest BCUT2D eigenvalue weighted by Gasteiger charge is 2.31. The lowest BCUT2D eigenvalue weighted by Gasteiger charge is -2.33. The molecular formula is C18H20Cl2N2O3. The maximum Gasteiger partial charge on any atom is 0.245 e. The van der Waals surface area contributed by atoms with Gasteiger partial charge in [-0.1, -0.05) is 35.8 Å². The number of nitrogens with zero attached hydrogens (tertiary/aromatic N) is 1. The minimum atomic E-state index is -0.216. The molecule has 7 heteroatoms. The minimum Gasteiger partial charge on any atom is -0.492 e. The van der Waals surface area contributed by atoms with E-state index < -0.39 is 0 Å². The molecule has 2 aliphatic heterocycles. The highest BCUT2D eigenvalue weighted by Crippen LogP contribution is 2.41. The third-order valence-electron chi connectivity index (χ3n) is 4.70. The Morgan fingerprint density at radius 2 is 2.12 bits per heavy atom. The van der Waals surface area contributed by atoms with Crippen LogP contribution in [-0.4, -0.2) is 36.4 Å². The fraction of sp³-hybridized carbons (Fsp3) is 0.444. The smallest absolute Gasteiger partial charge is 0.245 e. The number of piperidine rings is 1. The van der Waals surface area contributed by atoms with E-state index in [4.69, 9.17) is 27.9 Å². The summed E-state index contributed by atoms with van der Waals surface area (Å²) in [5.41, 5.74) is 0.837. The Bertz CT molecular complexity index is 708. The van der Waals surface area contributed by atoms with Crippen molar-refractivity contribution in [3.05, 3.63) is 40.4 Å². The van der Waals surface area contributed by atoms with Gasteiger partial charge < -0.3 is 15.0 Å². The van der Waals surface area contributed by atoms with Crippen molar-refractivity contribution >= 4 is 35.0 Å². The van der Waals surface area contributed by atoms with Crippen molar-refractivity contribution in [1.82, 2.24) is 10.2 Å². The lowest BCUT2D eigenvalue weighted by Crippen LogP contribution is -2.46. The SMILES string of the molecule is C=CC(=O)N1CCCC(C(=O)NC2CCOc3c2ccc(Cl)c3Cl)C1. The van der Waals surface area contributed by atoms with Crippen LogP contribution in [-0.2, 0) is 9.59 Å². The van der Waals surface area contributed by atoms with Gasteiger partial charge in [0.25, 0.3) is 0 Å². The molecule has 5 nitrogen and oxygen atoms in total. The Morgan fingerprint density at radius 3 is 2.88 bits per heavy atom. The standard InChI is InChI=1S/C18H20Cl2N2O3/c1-2-15(23)22-8-3-4-11(10-22)18(24)21-14-7-9-25-17-12(14)5-6-13(19)16(17)20/h2,5-6,11,14H,1,3-4,7-10H2,(H,21,24). The largest absolute Gasteiger partial charge is 0.492 e. The zero-order chi connectivity index (χ0) is 18.0. The number of nitrogens with one attached hydrogen (secondary N) is 1. The normalized spacial score (nSPS) is 22.6. The van der Waals surface area contributed by atoms with Crippen LogP contribution in [0, 0.1) is 5.92 Å². The molecule has 2 amide bonds. The molecule has 0 bridgehead atoms. The van der Waals surface area contributed by atoms with Crippen molar-refractivity contribution in [2.45, 2.75) is 25.3 Å². The zero-order valence-electron chi connectivity index (χ0n) is 13.8. The van der Waals surface area contributed by atoms with Gasteiger partial charge in [-0.15, -0.1) is 0 Å². The predicted molar refractivity (Wildman–Crippen MR) is 97.0 cm³/mol. The molecule has 1 saturated heterocycles. The van der Waals surface area contributed by atoms with Crippen LogP contribution in [0.25, 0.3) is 0 Å². The van der Waals surface area contributed by atoms with Crippen molar-refractivity contribution < 1.29 is 14.3 Å². The first kappa shape index (κ1) is 18.1. The number of rotatable bonds is 3. The predicted octanol–water partition coefficient (Wildman–Crippen LogP) is 3.36. The highest BCUT2D eigenvalue weighted by molar-refractivity contribution is 6.43. The van der Waals surface area contributed by atoms with Crippen LogP contribution in [0.1, 0.15) is 30.9 Å². The lowest BCUT2D eigenvalue weighted by atomic mass is 9.95. The molecule has 2 heterocycles. The van der Waals surface area contributed by atoms with Crippen LogP contribution in [0.5, 0.6) is 5.75 Å². The van der Waals surface area contributed by atoms with Crippen molar-refractivity contribution in [2.24, 2.45) is 5.92 Å². The van der Waals surface area contributed by atoms with Gasteiger partial charge in [-0.25, -0.2) is 0 Å². The summed E-state index contributed by atoms with van der Waals surface area (Å²) in [7, 11) is 0. The van der Waals surface area contributed by atoms with Crippen LogP contribution in [0.4, 0.5) is 0 Å². The monoisotopic (exact) mass is 382 g/mol. The van der Waals surface area contributed by atoms with E-state index in [9.17, 15) is 9.59 Å². The summed E-state index contributed by atoms with van der Waals surface area (Å²) in [6.07, 6.45) is 3.53. The Hall–Kier alpha value is -1.72. The van der Waals surface area contributed by atoms with Crippen LogP contribution in [0.3, 0.4) is 0 Å². The first-order valence-corrected chi connectivity index (χ1v) is 9.09. The second-order valence-corrected chi connectivity index (χ2v) is 7.09. The number of amides is 2. The minimum absolute atomic E-state index is 0.0505. The summed E-state index contributed by atoms with van der Waals surface area (Å²) in [4.78, 5) is 26.2. The zero-order valence-corrected chi connectivity index (χ0v) is 15.3. The first-order valence-electron chi connectivity index (χ1n) is 8.33. The summed E-state index contributed by atoms with van der Waals surface area (Å²) < 4.78 is 5.62. The molecule has 134 valence electrons. The van der Waals surface area contributed by atoms with Gasteiger partial charge in [0.15, 0.2) is 0 Å². The van der Waals surface area contributed by atoms with Gasteiger partial charge in [0.1, 0.15) is 10.8 Å². The molecule has 25 heavy (non-hydrogen) atoms. The maximum atomic E-state index is 12.7. The molecule has 0 aromatic heterocycles. The molecular weight excluding hydrogens is 363 g/mol. The van der Waals surface area contributed by atoms with Crippen molar-refractivity contribution in [1.29, 1.82) is 0 Å². The molecule has 0 radical (unpaired) electrons. The molecule has 1 N–H and O–H groups in total. The summed E-state index contributed by atoms with van der Waals surface area (Å²) in [5.74, 6) is 0.144. The van der Waals surface area contributed by atoms with Crippen LogP contribution < -0.4 is 10.1 Å². The van der Waals surface area contributed by atoms with Gasteiger partial charge in [-0.05, 0) is 25.0 Å². The van der Waals surface area contributed by atoms with Gasteiger partial charge in [0, 0.05) is 25.1 Å². The van der Waals surface area contributed by atoms with E-state index in [1.165, 1.54) is 6.08 Å². The summed E-state index contributed by atoms with van der Waals surface area (Å²) in [5, 5.41) is 3.89. The first-order chi connectivity index (χ1) is 12.0. The lowest BCUT2D eigenvalue weighted by molar-refractivity contribution is -0.132. The number of hydrogen-bond donors (Lipinski definition) is 1. The van der Waals surface area contributed by atoms with Crippen LogP contribution in [0.15, 0.2) is 24.8 Å². The fourth-order valence-corrected chi connectivity index (χ4v) is 3.74. The van der Waals surface area contributed by atoms with Crippen LogP contribution >= 0.6 is 23.2 Å². The summed E-state index contributed by atoms with van der Waals surface area (Å²) in [6.45, 7) is 5.07. The molecule has 1 aromatic carbocycles. The van der Waals surface area contributed by atoms with E-state index in [1.54, 1.807) is 11.0 Å². The molecule has 1 fully saturated rings. The van der Waals surface area contributed by atoms with E-state index in [2.05, 4.69) is 11.9 Å². The Kier molecular flexibility index (Phi) is 5.54. The second kappa shape index (κ2) is 7.67. The van der Waals surface area contributed by atoms with E-state index in [0.29, 0.717) is 41.9 Å². The number of halogens is 2. The van der Waals surface area contributed by atoms with Gasteiger partial charge in [0.2, 0.25) is 11.8 Å². The van der Waals surface area contributed by atoms with Crippen molar-refractivity contribution in [2.75, 3.05) is 19.7 Å². The fourth-order valence-electron chi connectivity index (χ4n) is 3.36. The number of benzene rings is 1. The molecule has 0 aliphatic carbocycles. The molecule has 0 spiro atoms. The Morgan fingerprint density at radius 1 is 1.32 bits per heavy atom. The summed E-state index contributed by atoms with van der Waals surface area (Å²) >= 11 is 12.2. The number of likely N-dealkylation sites (tertiary alicyclic amines) is 1. The van der Waals surface area contributed by atoms with Gasteiger partial charge in [-0.2, -0.15) is 0 Å². The maximum absolute atomic E-state index is 12.7. The van der Waals surface area contributed by atoms with E-state index in [-0.39, 0.29) is 23.8 Å². The number of hydrogen-bond acceptors (Lipinski definition) is 3. The van der Waals surface area contributed by atoms with Gasteiger partial charge in [-0.3, -0.25) is 9.59 Å². The average Bonchev–Trinajstić information content (AvgIpc) is 2.64.